The van der Waals surface area contributed by atoms with E-state index in [1.807, 2.05) is 0 Å². The van der Waals surface area contributed by atoms with Crippen LogP contribution in [0.5, 0.6) is 5.75 Å². The number of anilines is 2. The van der Waals surface area contributed by atoms with E-state index in [4.69, 9.17) is 5.73 Å². The van der Waals surface area contributed by atoms with Crippen molar-refractivity contribution in [1.29, 1.82) is 0 Å². The van der Waals surface area contributed by atoms with E-state index in [9.17, 15) is 13.5 Å². The number of nitrogens with two attached hydrogens (primary N) is 1. The first-order chi connectivity index (χ1) is 8.91. The highest BCUT2D eigenvalue weighted by atomic mass is 32.2. The molecule has 0 bridgehead atoms. The van der Waals surface area contributed by atoms with Crippen molar-refractivity contribution in [2.75, 3.05) is 17.5 Å². The van der Waals surface area contributed by atoms with E-state index in [1.54, 1.807) is 17.5 Å². The van der Waals surface area contributed by atoms with Gasteiger partial charge in [-0.1, -0.05) is 0 Å². The summed E-state index contributed by atoms with van der Waals surface area (Å²) in [7, 11) is -2.27. The number of thiazole rings is 1. The summed E-state index contributed by atoms with van der Waals surface area (Å²) in [5, 5.41) is 11.3. The van der Waals surface area contributed by atoms with Crippen molar-refractivity contribution >= 4 is 32.4 Å². The van der Waals surface area contributed by atoms with Crippen LogP contribution in [0.15, 0.2) is 23.6 Å². The highest BCUT2D eigenvalue weighted by molar-refractivity contribution is 7.91. The van der Waals surface area contributed by atoms with Gasteiger partial charge in [-0.15, -0.1) is 11.3 Å². The third-order valence-corrected chi connectivity index (χ3v) is 4.20. The van der Waals surface area contributed by atoms with E-state index in [2.05, 4.69) is 14.4 Å². The van der Waals surface area contributed by atoms with Crippen molar-refractivity contribution < 1.29 is 13.5 Å². The molecule has 5 N–H and O–H groups in total. The molecule has 0 spiro atoms. The molecule has 0 radical (unpaired) electrons. The lowest BCUT2D eigenvalue weighted by Gasteiger charge is -2.02. The summed E-state index contributed by atoms with van der Waals surface area (Å²) < 4.78 is 27.0. The zero-order valence-electron chi connectivity index (χ0n) is 9.91. The van der Waals surface area contributed by atoms with Gasteiger partial charge in [0.2, 0.25) is 0 Å². The Balaban J connectivity index is 2.28. The Hall–Kier alpha value is -1.84. The van der Waals surface area contributed by atoms with E-state index in [0.717, 1.165) is 11.3 Å². The number of phenolic OH excluding ortho intramolecular Hbond substituents is 1. The fraction of sp³-hybridized carbons (Fsp3) is 0.100. The quantitative estimate of drug-likeness (QED) is 0.496. The van der Waals surface area contributed by atoms with E-state index in [1.165, 1.54) is 13.1 Å². The number of nitrogens with one attached hydrogen (secondary N) is 2. The van der Waals surface area contributed by atoms with Crippen molar-refractivity contribution in [3.05, 3.63) is 23.6 Å². The van der Waals surface area contributed by atoms with Crippen LogP contribution in [0, 0.1) is 0 Å². The zero-order valence-corrected chi connectivity index (χ0v) is 11.5. The molecule has 1 heterocycles. The van der Waals surface area contributed by atoms with Crippen LogP contribution in [0.3, 0.4) is 0 Å². The maximum Gasteiger partial charge on any atom is 0.300 e. The molecule has 1 aromatic heterocycles. The Kier molecular flexibility index (Phi) is 3.60. The van der Waals surface area contributed by atoms with Gasteiger partial charge >= 0.3 is 10.2 Å². The molecule has 1 aromatic carbocycles. The van der Waals surface area contributed by atoms with Crippen LogP contribution in [-0.2, 0) is 10.2 Å². The van der Waals surface area contributed by atoms with Gasteiger partial charge in [-0.2, -0.15) is 8.42 Å². The van der Waals surface area contributed by atoms with E-state index in [-0.39, 0.29) is 16.6 Å². The maximum absolute atomic E-state index is 11.3. The van der Waals surface area contributed by atoms with Crippen molar-refractivity contribution in [2.24, 2.45) is 0 Å². The van der Waals surface area contributed by atoms with Gasteiger partial charge in [0.05, 0.1) is 11.4 Å². The Morgan fingerprint density at radius 1 is 1.42 bits per heavy atom. The number of rotatable bonds is 4. The van der Waals surface area contributed by atoms with Gasteiger partial charge in [-0.05, 0) is 18.2 Å². The number of aromatic hydroxyl groups is 1. The first kappa shape index (κ1) is 13.6. The van der Waals surface area contributed by atoms with Gasteiger partial charge in [0.15, 0.2) is 5.13 Å². The summed E-state index contributed by atoms with van der Waals surface area (Å²) in [4.78, 5) is 4.14. The maximum atomic E-state index is 11.3. The topological polar surface area (TPSA) is 117 Å². The number of hydrogen-bond donors (Lipinski definition) is 4. The Labute approximate surface area is 114 Å². The minimum Gasteiger partial charge on any atom is -0.506 e. The number of nitrogens with zero attached hydrogens (tertiary/aromatic N) is 1. The molecule has 0 aliphatic heterocycles. The summed E-state index contributed by atoms with van der Waals surface area (Å²) in [5.41, 5.74) is 7.10. The molecule has 0 aliphatic rings. The van der Waals surface area contributed by atoms with Gasteiger partial charge in [-0.3, -0.25) is 0 Å². The smallest absolute Gasteiger partial charge is 0.300 e. The molecule has 0 unspecified atom stereocenters. The monoisotopic (exact) mass is 300 g/mol. The molecule has 2 aromatic rings. The number of benzene rings is 1. The molecule has 0 saturated heterocycles. The number of hydrogen-bond acceptors (Lipinski definition) is 6. The average molecular weight is 300 g/mol. The minimum absolute atomic E-state index is 0.00455. The van der Waals surface area contributed by atoms with E-state index < -0.39 is 10.2 Å². The molecule has 7 nitrogen and oxygen atoms in total. The van der Waals surface area contributed by atoms with Crippen LogP contribution in [0.25, 0.3) is 11.3 Å². The Morgan fingerprint density at radius 2 is 2.16 bits per heavy atom. The zero-order chi connectivity index (χ0) is 14.0. The molecular formula is C10H12N4O3S2. The predicted molar refractivity (Wildman–Crippen MR) is 75.2 cm³/mol. The summed E-state index contributed by atoms with van der Waals surface area (Å²) in [6, 6.07) is 4.68. The second kappa shape index (κ2) is 5.03. The largest absolute Gasteiger partial charge is 0.506 e. The van der Waals surface area contributed by atoms with Gasteiger partial charge in [0.25, 0.3) is 0 Å². The Morgan fingerprint density at radius 3 is 2.79 bits per heavy atom. The third kappa shape index (κ3) is 3.13. The van der Waals surface area contributed by atoms with Crippen LogP contribution < -0.4 is 15.2 Å². The predicted octanol–water partition coefficient (Wildman–Crippen LogP) is 0.974. The molecule has 0 fully saturated rings. The fourth-order valence-corrected chi connectivity index (χ4v) is 2.80. The first-order valence-corrected chi connectivity index (χ1v) is 7.53. The van der Waals surface area contributed by atoms with E-state index in [0.29, 0.717) is 11.3 Å². The van der Waals surface area contributed by atoms with Crippen molar-refractivity contribution in [3.63, 3.8) is 0 Å². The molecule has 2 rings (SSSR count). The van der Waals surface area contributed by atoms with Crippen LogP contribution in [0.1, 0.15) is 0 Å². The van der Waals surface area contributed by atoms with Gasteiger partial charge < -0.3 is 10.8 Å². The minimum atomic E-state index is -3.57. The number of aromatic nitrogens is 1. The normalized spacial score (nSPS) is 11.4. The summed E-state index contributed by atoms with van der Waals surface area (Å²) in [6.45, 7) is 0. The van der Waals surface area contributed by atoms with Crippen LogP contribution in [0.4, 0.5) is 10.8 Å². The molecule has 0 saturated carbocycles. The lowest BCUT2D eigenvalue weighted by Crippen LogP contribution is -2.26. The van der Waals surface area contributed by atoms with Crippen molar-refractivity contribution in [3.8, 4) is 17.0 Å². The Bertz CT molecular complexity index is 697. The molecule has 19 heavy (non-hydrogen) atoms. The summed E-state index contributed by atoms with van der Waals surface area (Å²) >= 11 is 1.15. The SMILES string of the molecule is CNS(=O)(=O)Nc1nc(-c2ccc(O)c(N)c2)cs1. The first-order valence-electron chi connectivity index (χ1n) is 5.17. The summed E-state index contributed by atoms with van der Waals surface area (Å²) in [6.07, 6.45) is 0. The second-order valence-corrected chi connectivity index (χ2v) is 6.10. The van der Waals surface area contributed by atoms with E-state index >= 15 is 0 Å². The standard InChI is InChI=1S/C10H12N4O3S2/c1-12-19(16,17)14-10-13-8(5-18-10)6-2-3-9(15)7(11)4-6/h2-5,12,15H,11H2,1H3,(H,13,14). The van der Waals surface area contributed by atoms with Crippen molar-refractivity contribution in [2.45, 2.75) is 0 Å². The lowest BCUT2D eigenvalue weighted by atomic mass is 10.1. The average Bonchev–Trinajstić information content (AvgIpc) is 2.80. The molecule has 102 valence electrons. The van der Waals surface area contributed by atoms with Gasteiger partial charge in [0.1, 0.15) is 5.75 Å². The molecule has 0 amide bonds. The number of phenols is 1. The third-order valence-electron chi connectivity index (χ3n) is 2.32. The molecule has 0 atom stereocenters. The summed E-state index contributed by atoms with van der Waals surface area (Å²) in [5.74, 6) is -0.00455. The number of nitrogen functional groups attached to an aromatic ring is 1. The lowest BCUT2D eigenvalue weighted by molar-refractivity contribution is 0.478. The van der Waals surface area contributed by atoms with Crippen LogP contribution in [-0.4, -0.2) is 25.6 Å². The second-order valence-electron chi connectivity index (χ2n) is 3.62. The van der Waals surface area contributed by atoms with Crippen molar-refractivity contribution in [1.82, 2.24) is 9.71 Å². The van der Waals surface area contributed by atoms with Gasteiger partial charge in [-0.25, -0.2) is 14.4 Å². The van der Waals surface area contributed by atoms with Crippen LogP contribution in [0.2, 0.25) is 0 Å². The highest BCUT2D eigenvalue weighted by Gasteiger charge is 2.11. The van der Waals surface area contributed by atoms with Gasteiger partial charge in [0, 0.05) is 18.0 Å². The molecule has 0 aliphatic carbocycles. The molecule has 9 heteroatoms. The van der Waals surface area contributed by atoms with Crippen LogP contribution >= 0.6 is 11.3 Å². The molecular weight excluding hydrogens is 288 g/mol. The fourth-order valence-electron chi connectivity index (χ4n) is 1.33. The highest BCUT2D eigenvalue weighted by Crippen LogP contribution is 2.29.